The van der Waals surface area contributed by atoms with Crippen molar-refractivity contribution in [3.8, 4) is 0 Å². The van der Waals surface area contributed by atoms with Crippen LogP contribution in [0.4, 0.5) is 0 Å². The summed E-state index contributed by atoms with van der Waals surface area (Å²) in [6, 6.07) is 20.8. The number of rotatable bonds is 7. The highest BCUT2D eigenvalue weighted by Crippen LogP contribution is 2.36. The van der Waals surface area contributed by atoms with Gasteiger partial charge in [-0.2, -0.15) is 0 Å². The molecule has 3 aromatic rings. The van der Waals surface area contributed by atoms with Crippen LogP contribution < -0.4 is 15.2 Å². The van der Waals surface area contributed by atoms with Gasteiger partial charge < -0.3 is 4.52 Å². The molecule has 0 bridgehead atoms. The molecule has 0 aliphatic rings. The fourth-order valence-corrected chi connectivity index (χ4v) is 4.62. The third-order valence-electron chi connectivity index (χ3n) is 3.65. The third-order valence-corrected chi connectivity index (χ3v) is 6.03. The minimum absolute atomic E-state index is 0.0504. The highest BCUT2D eigenvalue weighted by atomic mass is 35.5. The van der Waals surface area contributed by atoms with Crippen LogP contribution in [0.3, 0.4) is 0 Å². The summed E-state index contributed by atoms with van der Waals surface area (Å²) in [6.07, 6.45) is 6.04. The van der Waals surface area contributed by atoms with Crippen molar-refractivity contribution in [3.05, 3.63) is 79.4 Å². The predicted octanol–water partition coefficient (Wildman–Crippen LogP) is 2.98. The molecule has 0 spiro atoms. The largest absolute Gasteiger partial charge is 0.341 e. The van der Waals surface area contributed by atoms with Gasteiger partial charge in [0.15, 0.2) is 0 Å². The predicted molar refractivity (Wildman–Crippen MR) is 100 cm³/mol. The Labute approximate surface area is 149 Å². The van der Waals surface area contributed by atoms with E-state index in [1.54, 1.807) is 0 Å². The number of imidazole rings is 1. The Morgan fingerprint density at radius 2 is 1.62 bits per heavy atom. The number of benzene rings is 2. The minimum atomic E-state index is -0.890. The summed E-state index contributed by atoms with van der Waals surface area (Å²) in [5.41, 5.74) is 0. The normalized spacial score (nSPS) is 12.5. The van der Waals surface area contributed by atoms with Crippen LogP contribution in [0.15, 0.2) is 79.4 Å². The number of hydrogen-bond acceptors (Lipinski definition) is 1. The van der Waals surface area contributed by atoms with Crippen LogP contribution in [0, 0.1) is 0 Å². The van der Waals surface area contributed by atoms with E-state index in [4.69, 9.17) is 16.1 Å². The van der Waals surface area contributed by atoms with Gasteiger partial charge in [0, 0.05) is 10.6 Å². The first-order chi connectivity index (χ1) is 11.8. The zero-order valence-corrected chi connectivity index (χ0v) is 15.3. The summed E-state index contributed by atoms with van der Waals surface area (Å²) in [6.45, 7) is 0.739. The Morgan fingerprint density at radius 1 is 1.04 bits per heavy atom. The Kier molecular flexibility index (Phi) is 6.03. The molecule has 0 radical (unpaired) electrons. The van der Waals surface area contributed by atoms with Crippen LogP contribution in [0.5, 0.6) is 0 Å². The third kappa shape index (κ3) is 4.45. The average molecular weight is 360 g/mol. The molecule has 0 aliphatic carbocycles. The van der Waals surface area contributed by atoms with Crippen LogP contribution in [-0.4, -0.2) is 16.6 Å². The van der Waals surface area contributed by atoms with E-state index in [9.17, 15) is 0 Å². The SMILES string of the molecule is C[n+]1ccn(CC(CCl)OP(c2ccccc2)c2ccccc2)c1. The average Bonchev–Trinajstić information content (AvgIpc) is 3.05. The van der Waals surface area contributed by atoms with Crippen LogP contribution in [0.25, 0.3) is 0 Å². The fraction of sp³-hybridized carbons (Fsp3) is 0.211. The monoisotopic (exact) mass is 359 g/mol. The summed E-state index contributed by atoms with van der Waals surface area (Å²) in [7, 11) is 1.12. The lowest BCUT2D eigenvalue weighted by molar-refractivity contribution is -0.671. The second kappa shape index (κ2) is 8.43. The maximum Gasteiger partial charge on any atom is 0.243 e. The Balaban J connectivity index is 1.82. The van der Waals surface area contributed by atoms with E-state index >= 15 is 0 Å². The summed E-state index contributed by atoms with van der Waals surface area (Å²) >= 11 is 6.21. The molecule has 3 nitrogen and oxygen atoms in total. The van der Waals surface area contributed by atoms with E-state index in [1.807, 2.05) is 42.5 Å². The zero-order valence-electron chi connectivity index (χ0n) is 13.6. The molecule has 0 fully saturated rings. The number of nitrogens with zero attached hydrogens (tertiary/aromatic N) is 2. The minimum Gasteiger partial charge on any atom is -0.341 e. The standard InChI is InChI=1S/C19H21ClN2OP/c1-21-12-13-22(16-21)15-17(14-20)23-24(18-8-4-2-5-9-18)19-10-6-3-7-11-19/h2-13,16-17H,14-15H2,1H3/q+1. The van der Waals surface area contributed by atoms with E-state index in [0.29, 0.717) is 5.88 Å². The van der Waals surface area contributed by atoms with Gasteiger partial charge in [-0.1, -0.05) is 60.7 Å². The molecule has 3 rings (SSSR count). The molecule has 0 saturated heterocycles. The molecule has 0 amide bonds. The van der Waals surface area contributed by atoms with Crippen molar-refractivity contribution in [2.45, 2.75) is 12.6 Å². The maximum atomic E-state index is 6.49. The molecular weight excluding hydrogens is 339 g/mol. The van der Waals surface area contributed by atoms with Crippen molar-refractivity contribution in [2.24, 2.45) is 7.05 Å². The summed E-state index contributed by atoms with van der Waals surface area (Å²) in [5, 5.41) is 2.40. The lowest BCUT2D eigenvalue weighted by atomic mass is 10.4. The van der Waals surface area contributed by atoms with E-state index < -0.39 is 8.15 Å². The van der Waals surface area contributed by atoms with E-state index in [-0.39, 0.29) is 6.10 Å². The molecule has 0 aliphatic heterocycles. The van der Waals surface area contributed by atoms with Crippen LogP contribution in [-0.2, 0) is 18.1 Å². The molecule has 2 aromatic carbocycles. The van der Waals surface area contributed by atoms with Gasteiger partial charge in [-0.3, -0.25) is 0 Å². The van der Waals surface area contributed by atoms with Crippen LogP contribution >= 0.6 is 19.7 Å². The molecule has 1 unspecified atom stereocenters. The fourth-order valence-electron chi connectivity index (χ4n) is 2.50. The van der Waals surface area contributed by atoms with Crippen molar-refractivity contribution in [1.82, 2.24) is 4.57 Å². The second-order valence-electron chi connectivity index (χ2n) is 5.62. The molecule has 0 saturated carbocycles. The molecule has 1 aromatic heterocycles. The number of hydrogen-bond donors (Lipinski definition) is 0. The summed E-state index contributed by atoms with van der Waals surface area (Å²) in [5.74, 6) is 0.459. The number of aromatic nitrogens is 2. The first-order valence-electron chi connectivity index (χ1n) is 7.90. The molecular formula is C19H21ClN2OP+. The molecule has 24 heavy (non-hydrogen) atoms. The van der Waals surface area contributed by atoms with Crippen LogP contribution in [0.2, 0.25) is 0 Å². The lowest BCUT2D eigenvalue weighted by Gasteiger charge is -2.23. The van der Waals surface area contributed by atoms with Gasteiger partial charge in [-0.15, -0.1) is 11.6 Å². The van der Waals surface area contributed by atoms with Crippen LogP contribution in [0.1, 0.15) is 0 Å². The highest BCUT2D eigenvalue weighted by Gasteiger charge is 2.22. The first-order valence-corrected chi connectivity index (χ1v) is 9.69. The van der Waals surface area contributed by atoms with E-state index in [1.165, 1.54) is 10.6 Å². The van der Waals surface area contributed by atoms with Crippen molar-refractivity contribution >= 4 is 30.4 Å². The van der Waals surface area contributed by atoms with Gasteiger partial charge in [0.2, 0.25) is 6.33 Å². The quantitative estimate of drug-likeness (QED) is 0.360. The van der Waals surface area contributed by atoms with Gasteiger partial charge in [-0.05, 0) is 0 Å². The molecule has 1 heterocycles. The van der Waals surface area contributed by atoms with Crippen molar-refractivity contribution in [2.75, 3.05) is 5.88 Å². The van der Waals surface area contributed by atoms with Gasteiger partial charge in [0.05, 0.1) is 21.1 Å². The van der Waals surface area contributed by atoms with Gasteiger partial charge in [-0.25, -0.2) is 9.13 Å². The number of halogens is 1. The van der Waals surface area contributed by atoms with Crippen molar-refractivity contribution in [3.63, 3.8) is 0 Å². The Morgan fingerprint density at radius 3 is 2.08 bits per heavy atom. The topological polar surface area (TPSA) is 18.0 Å². The molecule has 0 N–H and O–H groups in total. The van der Waals surface area contributed by atoms with Crippen molar-refractivity contribution < 1.29 is 9.09 Å². The smallest absolute Gasteiger partial charge is 0.243 e. The van der Waals surface area contributed by atoms with Crippen molar-refractivity contribution in [1.29, 1.82) is 0 Å². The second-order valence-corrected chi connectivity index (χ2v) is 7.76. The van der Waals surface area contributed by atoms with Gasteiger partial charge in [0.1, 0.15) is 25.0 Å². The Hall–Kier alpha value is -1.67. The number of aryl methyl sites for hydroxylation is 1. The first kappa shape index (κ1) is 17.2. The molecule has 124 valence electrons. The zero-order chi connectivity index (χ0) is 16.8. The highest BCUT2D eigenvalue weighted by molar-refractivity contribution is 7.68. The number of alkyl halides is 1. The van der Waals surface area contributed by atoms with Gasteiger partial charge >= 0.3 is 0 Å². The van der Waals surface area contributed by atoms with E-state index in [0.717, 1.165) is 6.54 Å². The lowest BCUT2D eigenvalue weighted by Crippen LogP contribution is -2.27. The molecule has 5 heteroatoms. The summed E-state index contributed by atoms with van der Waals surface area (Å²) < 4.78 is 10.6. The maximum absolute atomic E-state index is 6.49. The van der Waals surface area contributed by atoms with Gasteiger partial charge in [0.25, 0.3) is 0 Å². The summed E-state index contributed by atoms with van der Waals surface area (Å²) in [4.78, 5) is 0. The molecule has 1 atom stereocenters. The Bertz CT molecular complexity index is 709. The van der Waals surface area contributed by atoms with E-state index in [2.05, 4.69) is 53.1 Å².